The molecule has 16 heavy (non-hydrogen) atoms. The fourth-order valence-electron chi connectivity index (χ4n) is 1.53. The molecule has 2 rings (SSSR count). The summed E-state index contributed by atoms with van der Waals surface area (Å²) in [4.78, 5) is 10.8. The molecule has 84 valence electrons. The number of benzene rings is 1. The minimum atomic E-state index is -0.828. The highest BCUT2D eigenvalue weighted by Crippen LogP contribution is 2.19. The van der Waals surface area contributed by atoms with Crippen LogP contribution in [0.2, 0.25) is 5.02 Å². The normalized spacial score (nSPS) is 12.9. The second kappa shape index (κ2) is 4.14. The molecule has 2 aromatic rings. The quantitative estimate of drug-likeness (QED) is 0.894. The molecule has 0 saturated heterocycles. The van der Waals surface area contributed by atoms with Crippen molar-refractivity contribution in [1.29, 1.82) is 0 Å². The van der Waals surface area contributed by atoms with Crippen molar-refractivity contribution >= 4 is 28.5 Å². The van der Waals surface area contributed by atoms with Gasteiger partial charge in [0.2, 0.25) is 0 Å². The molecule has 1 unspecified atom stereocenters. The summed E-state index contributed by atoms with van der Waals surface area (Å²) in [5.41, 5.74) is 0.862. The van der Waals surface area contributed by atoms with Crippen molar-refractivity contribution in [3.05, 3.63) is 29.4 Å². The number of aromatic nitrogens is 2. The number of hydrogen-bond acceptors (Lipinski definition) is 2. The Balaban J connectivity index is 2.37. The molecule has 0 fully saturated rings. The Morgan fingerprint density at radius 2 is 2.38 bits per heavy atom. The van der Waals surface area contributed by atoms with E-state index in [0.29, 0.717) is 11.6 Å². The monoisotopic (exact) mass is 238 g/mol. The lowest BCUT2D eigenvalue weighted by molar-refractivity contribution is -0.141. The van der Waals surface area contributed by atoms with Crippen molar-refractivity contribution in [1.82, 2.24) is 9.78 Å². The van der Waals surface area contributed by atoms with Crippen LogP contribution in [0.3, 0.4) is 0 Å². The molecule has 0 bridgehead atoms. The zero-order valence-electron chi connectivity index (χ0n) is 8.72. The molecular formula is C11H11ClN2O2. The lowest BCUT2D eigenvalue weighted by Gasteiger charge is -2.07. The molecule has 0 amide bonds. The Hall–Kier alpha value is -1.55. The SMILES string of the molecule is CC(Cn1ncc2ccc(Cl)cc21)C(=O)O. The highest BCUT2D eigenvalue weighted by atomic mass is 35.5. The van der Waals surface area contributed by atoms with Gasteiger partial charge in [0.15, 0.2) is 0 Å². The van der Waals surface area contributed by atoms with Crippen molar-refractivity contribution in [3.63, 3.8) is 0 Å². The van der Waals surface area contributed by atoms with E-state index in [1.165, 1.54) is 0 Å². The van der Waals surface area contributed by atoms with Gasteiger partial charge in [-0.1, -0.05) is 18.5 Å². The number of rotatable bonds is 3. The van der Waals surface area contributed by atoms with Crippen molar-refractivity contribution in [2.75, 3.05) is 0 Å². The zero-order valence-corrected chi connectivity index (χ0v) is 9.48. The van der Waals surface area contributed by atoms with Gasteiger partial charge in [-0.2, -0.15) is 5.10 Å². The molecule has 1 heterocycles. The first-order valence-electron chi connectivity index (χ1n) is 4.92. The van der Waals surface area contributed by atoms with Gasteiger partial charge in [0.1, 0.15) is 0 Å². The number of halogens is 1. The van der Waals surface area contributed by atoms with E-state index in [-0.39, 0.29) is 0 Å². The van der Waals surface area contributed by atoms with E-state index in [2.05, 4.69) is 5.10 Å². The van der Waals surface area contributed by atoms with Crippen LogP contribution in [0.4, 0.5) is 0 Å². The Kier molecular flexibility index (Phi) is 2.83. The van der Waals surface area contributed by atoms with Crippen molar-refractivity contribution in [2.24, 2.45) is 5.92 Å². The van der Waals surface area contributed by atoms with Crippen molar-refractivity contribution in [2.45, 2.75) is 13.5 Å². The maximum absolute atomic E-state index is 10.8. The van der Waals surface area contributed by atoms with Crippen LogP contribution < -0.4 is 0 Å². The lowest BCUT2D eigenvalue weighted by atomic mass is 10.2. The molecular weight excluding hydrogens is 228 g/mol. The third kappa shape index (κ3) is 2.02. The number of nitrogens with zero attached hydrogens (tertiary/aromatic N) is 2. The topological polar surface area (TPSA) is 55.1 Å². The summed E-state index contributed by atoms with van der Waals surface area (Å²) in [7, 11) is 0. The second-order valence-electron chi connectivity index (χ2n) is 3.77. The van der Waals surface area contributed by atoms with Crippen LogP contribution in [0.25, 0.3) is 10.9 Å². The molecule has 0 aliphatic rings. The van der Waals surface area contributed by atoms with E-state index in [1.807, 2.05) is 6.07 Å². The first-order valence-corrected chi connectivity index (χ1v) is 5.29. The van der Waals surface area contributed by atoms with E-state index in [0.717, 1.165) is 10.9 Å². The molecule has 1 aromatic heterocycles. The van der Waals surface area contributed by atoms with Crippen LogP contribution in [0.5, 0.6) is 0 Å². The third-order valence-corrected chi connectivity index (χ3v) is 2.71. The van der Waals surface area contributed by atoms with Crippen molar-refractivity contribution < 1.29 is 9.90 Å². The molecule has 0 spiro atoms. The fraction of sp³-hybridized carbons (Fsp3) is 0.273. The maximum Gasteiger partial charge on any atom is 0.308 e. The van der Waals surface area contributed by atoms with Crippen LogP contribution in [0, 0.1) is 5.92 Å². The summed E-state index contributed by atoms with van der Waals surface area (Å²) in [6.45, 7) is 2.00. The van der Waals surface area contributed by atoms with Gasteiger partial charge in [0.25, 0.3) is 0 Å². The van der Waals surface area contributed by atoms with Gasteiger partial charge >= 0.3 is 5.97 Å². The Labute approximate surface area is 97.4 Å². The molecule has 1 aromatic carbocycles. The summed E-state index contributed by atoms with van der Waals surface area (Å²) in [6.07, 6.45) is 1.71. The van der Waals surface area contributed by atoms with Crippen LogP contribution in [-0.2, 0) is 11.3 Å². The summed E-state index contributed by atoms with van der Waals surface area (Å²) < 4.78 is 1.67. The first kappa shape index (κ1) is 11.0. The molecule has 5 heteroatoms. The Morgan fingerprint density at radius 1 is 1.62 bits per heavy atom. The number of carboxylic acid groups (broad SMARTS) is 1. The average Bonchev–Trinajstić information content (AvgIpc) is 2.61. The predicted octanol–water partition coefficient (Wildman–Crippen LogP) is 2.41. The maximum atomic E-state index is 10.8. The van der Waals surface area contributed by atoms with E-state index in [1.54, 1.807) is 29.9 Å². The van der Waals surface area contributed by atoms with Gasteiger partial charge in [0.05, 0.1) is 24.2 Å². The van der Waals surface area contributed by atoms with E-state index in [9.17, 15) is 4.79 Å². The number of carboxylic acids is 1. The van der Waals surface area contributed by atoms with E-state index >= 15 is 0 Å². The van der Waals surface area contributed by atoms with E-state index < -0.39 is 11.9 Å². The standard InChI is InChI=1S/C11H11ClN2O2/c1-7(11(15)16)6-14-10-4-9(12)3-2-8(10)5-13-14/h2-5,7H,6H2,1H3,(H,15,16). The van der Waals surface area contributed by atoms with Gasteiger partial charge in [-0.25, -0.2) is 0 Å². The lowest BCUT2D eigenvalue weighted by Crippen LogP contribution is -2.17. The molecule has 1 atom stereocenters. The van der Waals surface area contributed by atoms with Gasteiger partial charge in [0, 0.05) is 10.4 Å². The molecule has 0 saturated carbocycles. The van der Waals surface area contributed by atoms with Gasteiger partial charge in [-0.05, 0) is 18.2 Å². The Bertz CT molecular complexity index is 536. The minimum absolute atomic E-state index is 0.346. The molecule has 1 N–H and O–H groups in total. The van der Waals surface area contributed by atoms with E-state index in [4.69, 9.17) is 16.7 Å². The zero-order chi connectivity index (χ0) is 11.7. The fourth-order valence-corrected chi connectivity index (χ4v) is 1.69. The summed E-state index contributed by atoms with van der Waals surface area (Å²) in [6, 6.07) is 5.45. The molecule has 4 nitrogen and oxygen atoms in total. The summed E-state index contributed by atoms with van der Waals surface area (Å²) in [5, 5.41) is 14.6. The highest BCUT2D eigenvalue weighted by Gasteiger charge is 2.13. The smallest absolute Gasteiger partial charge is 0.308 e. The van der Waals surface area contributed by atoms with Gasteiger partial charge < -0.3 is 5.11 Å². The van der Waals surface area contributed by atoms with Crippen LogP contribution in [0.15, 0.2) is 24.4 Å². The molecule has 0 aliphatic heterocycles. The van der Waals surface area contributed by atoms with Crippen LogP contribution in [-0.4, -0.2) is 20.9 Å². The number of aliphatic carboxylic acids is 1. The molecule has 0 radical (unpaired) electrons. The average molecular weight is 239 g/mol. The van der Waals surface area contributed by atoms with Gasteiger partial charge in [-0.15, -0.1) is 0 Å². The minimum Gasteiger partial charge on any atom is -0.481 e. The Morgan fingerprint density at radius 3 is 3.06 bits per heavy atom. The third-order valence-electron chi connectivity index (χ3n) is 2.48. The largest absolute Gasteiger partial charge is 0.481 e. The number of fused-ring (bicyclic) bond motifs is 1. The highest BCUT2D eigenvalue weighted by molar-refractivity contribution is 6.31. The van der Waals surface area contributed by atoms with Crippen LogP contribution >= 0.6 is 11.6 Å². The predicted molar refractivity (Wildman–Crippen MR) is 61.5 cm³/mol. The first-order chi connectivity index (χ1) is 7.58. The number of hydrogen-bond donors (Lipinski definition) is 1. The van der Waals surface area contributed by atoms with Crippen LogP contribution in [0.1, 0.15) is 6.92 Å². The molecule has 0 aliphatic carbocycles. The summed E-state index contributed by atoms with van der Waals surface area (Å²) >= 11 is 5.89. The van der Waals surface area contributed by atoms with Gasteiger partial charge in [-0.3, -0.25) is 9.48 Å². The summed E-state index contributed by atoms with van der Waals surface area (Å²) in [5.74, 6) is -1.30. The number of carbonyl (C=O) groups is 1. The second-order valence-corrected chi connectivity index (χ2v) is 4.21. The van der Waals surface area contributed by atoms with Crippen molar-refractivity contribution in [3.8, 4) is 0 Å².